The van der Waals surface area contributed by atoms with Crippen LogP contribution < -0.4 is 5.32 Å². The van der Waals surface area contributed by atoms with Gasteiger partial charge in [-0.2, -0.15) is 4.98 Å². The van der Waals surface area contributed by atoms with Crippen LogP contribution in [0, 0.1) is 0 Å². The van der Waals surface area contributed by atoms with Gasteiger partial charge in [0, 0.05) is 24.0 Å². The molecular weight excluding hydrogens is 302 g/mol. The molecule has 0 aliphatic rings. The van der Waals surface area contributed by atoms with E-state index in [2.05, 4.69) is 15.5 Å². The zero-order valence-corrected chi connectivity index (χ0v) is 14.8. The van der Waals surface area contributed by atoms with E-state index in [0.29, 0.717) is 31.1 Å². The van der Waals surface area contributed by atoms with Gasteiger partial charge in [-0.25, -0.2) is 0 Å². The first-order valence-corrected chi connectivity index (χ1v) is 8.27. The smallest absolute Gasteiger partial charge is 0.247 e. The Morgan fingerprint density at radius 2 is 1.96 bits per heavy atom. The molecule has 0 saturated carbocycles. The predicted octanol–water partition coefficient (Wildman–Crippen LogP) is 3.52. The molecule has 128 valence electrons. The van der Waals surface area contributed by atoms with Gasteiger partial charge >= 0.3 is 0 Å². The van der Waals surface area contributed by atoms with Crippen LogP contribution in [0.3, 0.4) is 0 Å². The molecule has 0 bridgehead atoms. The molecule has 5 heteroatoms. The summed E-state index contributed by atoms with van der Waals surface area (Å²) in [6.45, 7) is 8.52. The van der Waals surface area contributed by atoms with E-state index in [0.717, 1.165) is 11.1 Å². The molecule has 1 aromatic heterocycles. The lowest BCUT2D eigenvalue weighted by Crippen LogP contribution is -2.27. The molecule has 0 radical (unpaired) electrons. The molecule has 2 rings (SSSR count). The summed E-state index contributed by atoms with van der Waals surface area (Å²) in [7, 11) is 0. The van der Waals surface area contributed by atoms with Gasteiger partial charge in [0.1, 0.15) is 0 Å². The molecule has 0 atom stereocenters. The van der Waals surface area contributed by atoms with Crippen LogP contribution in [0.4, 0.5) is 0 Å². The Morgan fingerprint density at radius 3 is 2.54 bits per heavy atom. The van der Waals surface area contributed by atoms with E-state index in [9.17, 15) is 4.79 Å². The summed E-state index contributed by atoms with van der Waals surface area (Å²) in [5.74, 6) is 1.17. The van der Waals surface area contributed by atoms with Gasteiger partial charge < -0.3 is 9.84 Å². The summed E-state index contributed by atoms with van der Waals surface area (Å²) in [5, 5.41) is 6.88. The fraction of sp³-hybridized carbons (Fsp3) is 0.421. The largest absolute Gasteiger partial charge is 0.352 e. The van der Waals surface area contributed by atoms with Crippen molar-refractivity contribution in [1.82, 2.24) is 15.5 Å². The monoisotopic (exact) mass is 327 g/mol. The highest BCUT2D eigenvalue weighted by Crippen LogP contribution is 2.19. The van der Waals surface area contributed by atoms with Crippen molar-refractivity contribution in [2.45, 2.75) is 46.0 Å². The van der Waals surface area contributed by atoms with E-state index < -0.39 is 0 Å². The molecule has 0 fully saturated rings. The summed E-state index contributed by atoms with van der Waals surface area (Å²) < 4.78 is 5.25. The second kappa shape index (κ2) is 7.90. The highest BCUT2D eigenvalue weighted by atomic mass is 16.5. The number of benzene rings is 1. The molecule has 1 amide bonds. The molecule has 2 aromatic rings. The van der Waals surface area contributed by atoms with Gasteiger partial charge in [-0.3, -0.25) is 4.79 Å². The van der Waals surface area contributed by atoms with Crippen LogP contribution in [0.25, 0.3) is 6.08 Å². The van der Waals surface area contributed by atoms with Crippen LogP contribution in [0.15, 0.2) is 40.4 Å². The Bertz CT molecular complexity index is 697. The van der Waals surface area contributed by atoms with E-state index >= 15 is 0 Å². The number of amides is 1. The lowest BCUT2D eigenvalue weighted by Gasteiger charge is -2.10. The Labute approximate surface area is 143 Å². The van der Waals surface area contributed by atoms with Gasteiger partial charge in [0.2, 0.25) is 11.8 Å². The number of carbonyl (C=O) groups is 1. The Morgan fingerprint density at radius 1 is 1.25 bits per heavy atom. The minimum atomic E-state index is -0.164. The number of hydrogen-bond donors (Lipinski definition) is 1. The lowest BCUT2D eigenvalue weighted by molar-refractivity contribution is -0.117. The summed E-state index contributed by atoms with van der Waals surface area (Å²) in [6.07, 6.45) is 3.14. The molecule has 0 unspecified atom stereocenters. The first kappa shape index (κ1) is 17.9. The van der Waals surface area contributed by atoms with Gasteiger partial charge in [-0.05, 0) is 18.1 Å². The molecular formula is C19H25N3O2. The van der Waals surface area contributed by atoms with Crippen LogP contribution >= 0.6 is 0 Å². The second-order valence-electron chi connectivity index (χ2n) is 6.71. The van der Waals surface area contributed by atoms with Crippen LogP contribution in [-0.2, 0) is 16.6 Å². The standard InChI is InChI=1S/C19H25N3O2/c1-5-15(13-14-9-7-6-8-10-14)17(23)20-12-11-16-21-18(24-22-16)19(2,3)4/h6-10,13H,5,11-12H2,1-4H3,(H,20,23)/b15-13+. The van der Waals surface area contributed by atoms with Crippen LogP contribution in [0.2, 0.25) is 0 Å². The molecule has 0 spiro atoms. The molecule has 0 aliphatic carbocycles. The first-order chi connectivity index (χ1) is 11.4. The third-order valence-corrected chi connectivity index (χ3v) is 3.56. The van der Waals surface area contributed by atoms with Crippen molar-refractivity contribution in [3.63, 3.8) is 0 Å². The fourth-order valence-corrected chi connectivity index (χ4v) is 2.14. The molecule has 1 heterocycles. The van der Waals surface area contributed by atoms with Crippen molar-refractivity contribution in [2.75, 3.05) is 6.54 Å². The van der Waals surface area contributed by atoms with Crippen molar-refractivity contribution < 1.29 is 9.32 Å². The molecule has 1 N–H and O–H groups in total. The third-order valence-electron chi connectivity index (χ3n) is 3.56. The summed E-state index contributed by atoms with van der Waals surface area (Å²) >= 11 is 0. The maximum absolute atomic E-state index is 12.3. The van der Waals surface area contributed by atoms with Crippen molar-refractivity contribution in [1.29, 1.82) is 0 Å². The van der Waals surface area contributed by atoms with E-state index in [4.69, 9.17) is 4.52 Å². The molecule has 0 aliphatic heterocycles. The molecule has 24 heavy (non-hydrogen) atoms. The van der Waals surface area contributed by atoms with Gasteiger partial charge in [0.05, 0.1) is 0 Å². The number of nitrogens with zero attached hydrogens (tertiary/aromatic N) is 2. The van der Waals surface area contributed by atoms with Gasteiger partial charge in [0.15, 0.2) is 5.82 Å². The average molecular weight is 327 g/mol. The number of aromatic nitrogens is 2. The molecule has 5 nitrogen and oxygen atoms in total. The summed E-state index contributed by atoms with van der Waals surface area (Å²) in [6, 6.07) is 9.84. The van der Waals surface area contributed by atoms with Crippen LogP contribution in [0.1, 0.15) is 51.4 Å². The van der Waals surface area contributed by atoms with E-state index in [1.807, 2.05) is 64.1 Å². The van der Waals surface area contributed by atoms with E-state index in [-0.39, 0.29) is 11.3 Å². The Balaban J connectivity index is 1.90. The fourth-order valence-electron chi connectivity index (χ4n) is 2.14. The minimum Gasteiger partial charge on any atom is -0.352 e. The number of carbonyl (C=O) groups excluding carboxylic acids is 1. The zero-order chi connectivity index (χ0) is 17.6. The quantitative estimate of drug-likeness (QED) is 0.824. The molecule has 1 aromatic carbocycles. The third kappa shape index (κ3) is 5.05. The van der Waals surface area contributed by atoms with Crippen molar-refractivity contribution >= 4 is 12.0 Å². The first-order valence-electron chi connectivity index (χ1n) is 8.27. The predicted molar refractivity (Wildman–Crippen MR) is 94.4 cm³/mol. The number of rotatable bonds is 6. The topological polar surface area (TPSA) is 68.0 Å². The number of nitrogens with one attached hydrogen (secondary N) is 1. The van der Waals surface area contributed by atoms with Crippen molar-refractivity contribution in [2.24, 2.45) is 0 Å². The summed E-state index contributed by atoms with van der Waals surface area (Å²) in [5.41, 5.74) is 1.62. The minimum absolute atomic E-state index is 0.0547. The van der Waals surface area contributed by atoms with Crippen LogP contribution in [-0.4, -0.2) is 22.6 Å². The van der Waals surface area contributed by atoms with Crippen molar-refractivity contribution in [3.8, 4) is 0 Å². The summed E-state index contributed by atoms with van der Waals surface area (Å²) in [4.78, 5) is 16.7. The maximum Gasteiger partial charge on any atom is 0.247 e. The van der Waals surface area contributed by atoms with Gasteiger partial charge in [0.25, 0.3) is 0 Å². The second-order valence-corrected chi connectivity index (χ2v) is 6.71. The maximum atomic E-state index is 12.3. The highest BCUT2D eigenvalue weighted by Gasteiger charge is 2.21. The molecule has 0 saturated heterocycles. The van der Waals surface area contributed by atoms with Gasteiger partial charge in [-0.15, -0.1) is 0 Å². The lowest BCUT2D eigenvalue weighted by atomic mass is 9.97. The van der Waals surface area contributed by atoms with E-state index in [1.165, 1.54) is 0 Å². The average Bonchev–Trinajstić information content (AvgIpc) is 3.02. The SMILES string of the molecule is CC/C(=C\c1ccccc1)C(=O)NCCc1noc(C(C)(C)C)n1. The van der Waals surface area contributed by atoms with Crippen LogP contribution in [0.5, 0.6) is 0 Å². The normalized spacial score (nSPS) is 12.2. The highest BCUT2D eigenvalue weighted by molar-refractivity contribution is 5.97. The number of hydrogen-bond acceptors (Lipinski definition) is 4. The van der Waals surface area contributed by atoms with Crippen molar-refractivity contribution in [3.05, 3.63) is 53.2 Å². The van der Waals surface area contributed by atoms with Gasteiger partial charge in [-0.1, -0.05) is 63.2 Å². The Hall–Kier alpha value is -2.43. The van der Waals surface area contributed by atoms with E-state index in [1.54, 1.807) is 0 Å². The Kier molecular flexibility index (Phi) is 5.90. The zero-order valence-electron chi connectivity index (χ0n) is 14.8.